The minimum absolute atomic E-state index is 0.0278. The molecular weight excluding hydrogens is 193 g/mol. The van der Waals surface area contributed by atoms with E-state index < -0.39 is 0 Å². The van der Waals surface area contributed by atoms with Crippen LogP contribution in [-0.2, 0) is 4.84 Å². The molecule has 0 spiro atoms. The molecule has 1 N–H and O–H groups in total. The average molecular weight is 211 g/mol. The molecule has 0 bridgehead atoms. The Hall–Kier alpha value is -0.930. The highest BCUT2D eigenvalue weighted by atomic mass is 19.1. The topological polar surface area (TPSA) is 21.3 Å². The first-order valence-electron chi connectivity index (χ1n) is 5.07. The van der Waals surface area contributed by atoms with Crippen molar-refractivity contribution >= 4 is 0 Å². The third-order valence-corrected chi connectivity index (χ3v) is 1.89. The Morgan fingerprint density at radius 3 is 2.53 bits per heavy atom. The van der Waals surface area contributed by atoms with Crippen LogP contribution >= 0.6 is 0 Å². The van der Waals surface area contributed by atoms with Gasteiger partial charge in [-0.3, -0.25) is 4.84 Å². The van der Waals surface area contributed by atoms with Crippen molar-refractivity contribution in [1.82, 2.24) is 5.48 Å². The average Bonchev–Trinajstić information content (AvgIpc) is 2.13. The zero-order valence-corrected chi connectivity index (χ0v) is 9.67. The van der Waals surface area contributed by atoms with Crippen molar-refractivity contribution in [3.8, 4) is 0 Å². The van der Waals surface area contributed by atoms with E-state index in [-0.39, 0.29) is 17.5 Å². The smallest absolute Gasteiger partial charge is 0.123 e. The lowest BCUT2D eigenvalue weighted by molar-refractivity contribution is -0.0866. The lowest BCUT2D eigenvalue weighted by Crippen LogP contribution is -2.31. The number of hydrogen-bond donors (Lipinski definition) is 1. The van der Waals surface area contributed by atoms with Gasteiger partial charge in [0.25, 0.3) is 0 Å². The van der Waals surface area contributed by atoms with Gasteiger partial charge in [-0.2, -0.15) is 5.48 Å². The van der Waals surface area contributed by atoms with Crippen LogP contribution in [0.4, 0.5) is 4.39 Å². The molecule has 0 fully saturated rings. The third-order valence-electron chi connectivity index (χ3n) is 1.89. The summed E-state index contributed by atoms with van der Waals surface area (Å²) < 4.78 is 12.9. The first kappa shape index (κ1) is 12.1. The van der Waals surface area contributed by atoms with Crippen LogP contribution in [0.5, 0.6) is 0 Å². The first-order chi connectivity index (χ1) is 6.88. The number of nitrogens with one attached hydrogen (secondary N) is 1. The highest BCUT2D eigenvalue weighted by molar-refractivity contribution is 5.19. The van der Waals surface area contributed by atoms with E-state index in [1.165, 1.54) is 12.1 Å². The molecule has 0 aliphatic rings. The van der Waals surface area contributed by atoms with Gasteiger partial charge in [-0.1, -0.05) is 12.1 Å². The number of hydrogen-bond acceptors (Lipinski definition) is 2. The third kappa shape index (κ3) is 4.40. The van der Waals surface area contributed by atoms with Gasteiger partial charge in [0.2, 0.25) is 0 Å². The summed E-state index contributed by atoms with van der Waals surface area (Å²) in [4.78, 5) is 5.41. The maximum Gasteiger partial charge on any atom is 0.123 e. The molecule has 0 saturated carbocycles. The van der Waals surface area contributed by atoms with E-state index >= 15 is 0 Å². The van der Waals surface area contributed by atoms with Crippen LogP contribution in [-0.4, -0.2) is 5.60 Å². The molecule has 0 aliphatic heterocycles. The molecule has 0 aliphatic carbocycles. The van der Waals surface area contributed by atoms with Gasteiger partial charge in [-0.25, -0.2) is 4.39 Å². The van der Waals surface area contributed by atoms with E-state index in [0.29, 0.717) is 0 Å². The highest BCUT2D eigenvalue weighted by Gasteiger charge is 2.13. The Balaban J connectivity index is 2.58. The summed E-state index contributed by atoms with van der Waals surface area (Å²) in [5, 5.41) is 0. The summed E-state index contributed by atoms with van der Waals surface area (Å²) in [6.45, 7) is 7.80. The molecule has 15 heavy (non-hydrogen) atoms. The second kappa shape index (κ2) is 4.73. The van der Waals surface area contributed by atoms with Crippen molar-refractivity contribution in [2.24, 2.45) is 0 Å². The SMILES string of the molecule is CC(NOC(C)(C)C)c1cccc(F)c1. The Bertz CT molecular complexity index is 320. The fraction of sp³-hybridized carbons (Fsp3) is 0.500. The summed E-state index contributed by atoms with van der Waals surface area (Å²) in [5.74, 6) is -0.225. The van der Waals surface area contributed by atoms with Gasteiger partial charge in [0.15, 0.2) is 0 Å². The number of halogens is 1. The Morgan fingerprint density at radius 2 is 2.00 bits per heavy atom. The summed E-state index contributed by atoms with van der Waals surface area (Å²) in [7, 11) is 0. The zero-order valence-electron chi connectivity index (χ0n) is 9.67. The fourth-order valence-corrected chi connectivity index (χ4v) is 1.11. The second-order valence-corrected chi connectivity index (χ2v) is 4.61. The predicted molar refractivity (Wildman–Crippen MR) is 58.8 cm³/mol. The van der Waals surface area contributed by atoms with Gasteiger partial charge in [0, 0.05) is 0 Å². The van der Waals surface area contributed by atoms with E-state index in [2.05, 4.69) is 5.48 Å². The molecule has 1 aromatic rings. The molecule has 0 amide bonds. The summed E-state index contributed by atoms with van der Waals surface area (Å²) >= 11 is 0. The van der Waals surface area contributed by atoms with Crippen molar-refractivity contribution in [1.29, 1.82) is 0 Å². The van der Waals surface area contributed by atoms with Crippen molar-refractivity contribution in [2.45, 2.75) is 39.3 Å². The van der Waals surface area contributed by atoms with Crippen LogP contribution in [0.25, 0.3) is 0 Å². The fourth-order valence-electron chi connectivity index (χ4n) is 1.11. The maximum atomic E-state index is 12.9. The van der Waals surface area contributed by atoms with Crippen LogP contribution in [0.1, 0.15) is 39.3 Å². The van der Waals surface area contributed by atoms with Gasteiger partial charge >= 0.3 is 0 Å². The van der Waals surface area contributed by atoms with Gasteiger partial charge < -0.3 is 0 Å². The van der Waals surface area contributed by atoms with Crippen LogP contribution in [0, 0.1) is 5.82 Å². The normalized spacial score (nSPS) is 13.9. The van der Waals surface area contributed by atoms with Gasteiger partial charge in [0.1, 0.15) is 5.82 Å². The molecule has 1 atom stereocenters. The molecule has 1 rings (SSSR count). The van der Waals surface area contributed by atoms with E-state index in [0.717, 1.165) is 5.56 Å². The van der Waals surface area contributed by atoms with Crippen molar-refractivity contribution < 1.29 is 9.23 Å². The molecule has 1 unspecified atom stereocenters. The second-order valence-electron chi connectivity index (χ2n) is 4.61. The van der Waals surface area contributed by atoms with Crippen LogP contribution in [0.3, 0.4) is 0 Å². The minimum atomic E-state index is -0.248. The monoisotopic (exact) mass is 211 g/mol. The van der Waals surface area contributed by atoms with Crippen molar-refractivity contribution in [3.05, 3.63) is 35.6 Å². The van der Waals surface area contributed by atoms with Gasteiger partial charge in [-0.05, 0) is 45.4 Å². The van der Waals surface area contributed by atoms with Crippen molar-refractivity contribution in [3.63, 3.8) is 0 Å². The van der Waals surface area contributed by atoms with Crippen LogP contribution in [0.2, 0.25) is 0 Å². The number of rotatable bonds is 3. The summed E-state index contributed by atoms with van der Waals surface area (Å²) in [6.07, 6.45) is 0. The van der Waals surface area contributed by atoms with Crippen LogP contribution in [0.15, 0.2) is 24.3 Å². The van der Waals surface area contributed by atoms with Crippen LogP contribution < -0.4 is 5.48 Å². The molecule has 0 radical (unpaired) electrons. The van der Waals surface area contributed by atoms with E-state index in [9.17, 15) is 4.39 Å². The number of hydroxylamine groups is 1. The standard InChI is InChI=1S/C12H18FNO/c1-9(14-15-12(2,3)4)10-6-5-7-11(13)8-10/h5-9,14H,1-4H3. The first-order valence-corrected chi connectivity index (χ1v) is 5.07. The quantitative estimate of drug-likeness (QED) is 0.775. The Labute approximate surface area is 90.4 Å². The molecule has 1 aromatic carbocycles. The van der Waals surface area contributed by atoms with Gasteiger partial charge in [0.05, 0.1) is 11.6 Å². The van der Waals surface area contributed by atoms with E-state index in [1.807, 2.05) is 33.8 Å². The lowest BCUT2D eigenvalue weighted by Gasteiger charge is -2.23. The lowest BCUT2D eigenvalue weighted by atomic mass is 10.1. The molecule has 0 saturated heterocycles. The summed E-state index contributed by atoms with van der Waals surface area (Å²) in [6, 6.07) is 6.47. The largest absolute Gasteiger partial charge is 0.296 e. The zero-order chi connectivity index (χ0) is 11.5. The minimum Gasteiger partial charge on any atom is -0.296 e. The van der Waals surface area contributed by atoms with E-state index in [4.69, 9.17) is 4.84 Å². The Morgan fingerprint density at radius 1 is 1.33 bits per heavy atom. The molecule has 2 nitrogen and oxygen atoms in total. The maximum absolute atomic E-state index is 12.9. The summed E-state index contributed by atoms with van der Waals surface area (Å²) in [5.41, 5.74) is 3.53. The number of benzene rings is 1. The predicted octanol–water partition coefficient (Wildman–Crippen LogP) is 3.21. The van der Waals surface area contributed by atoms with Gasteiger partial charge in [-0.15, -0.1) is 0 Å². The van der Waals surface area contributed by atoms with Crippen molar-refractivity contribution in [2.75, 3.05) is 0 Å². The molecule has 0 heterocycles. The highest BCUT2D eigenvalue weighted by Crippen LogP contribution is 2.15. The molecule has 0 aromatic heterocycles. The van der Waals surface area contributed by atoms with E-state index in [1.54, 1.807) is 6.07 Å². The molecular formula is C12H18FNO. The molecule has 84 valence electrons. The Kier molecular flexibility index (Phi) is 3.83. The molecule has 3 heteroatoms.